The standard InChI is InChI=1S/C12H11N3OS/c1-9-6-11(8-17-9)12(16)15-14-7-10-2-4-13-5-3-10/h2-8H,1H3,(H,15,16)/b14-7-. The number of pyridine rings is 1. The van der Waals surface area contributed by atoms with Gasteiger partial charge in [0.1, 0.15) is 0 Å². The fourth-order valence-corrected chi connectivity index (χ4v) is 1.92. The molecule has 0 spiro atoms. The van der Waals surface area contributed by atoms with Gasteiger partial charge in [0.05, 0.1) is 11.8 Å². The van der Waals surface area contributed by atoms with Crippen molar-refractivity contribution in [3.8, 4) is 0 Å². The number of hydrogen-bond acceptors (Lipinski definition) is 4. The highest BCUT2D eigenvalue weighted by atomic mass is 32.1. The predicted molar refractivity (Wildman–Crippen MR) is 68.4 cm³/mol. The molecule has 0 aliphatic heterocycles. The smallest absolute Gasteiger partial charge is 0.267 e. The van der Waals surface area contributed by atoms with E-state index in [0.717, 1.165) is 10.4 Å². The molecule has 0 bridgehead atoms. The lowest BCUT2D eigenvalue weighted by atomic mass is 10.3. The van der Waals surface area contributed by atoms with E-state index in [1.165, 1.54) is 0 Å². The molecule has 0 saturated heterocycles. The summed E-state index contributed by atoms with van der Waals surface area (Å²) in [7, 11) is 0. The topological polar surface area (TPSA) is 54.4 Å². The van der Waals surface area contributed by atoms with Gasteiger partial charge >= 0.3 is 0 Å². The van der Waals surface area contributed by atoms with Crippen LogP contribution in [0.4, 0.5) is 0 Å². The van der Waals surface area contributed by atoms with Crippen LogP contribution in [-0.2, 0) is 0 Å². The largest absolute Gasteiger partial charge is 0.272 e. The van der Waals surface area contributed by atoms with Gasteiger partial charge < -0.3 is 0 Å². The molecule has 0 aliphatic rings. The van der Waals surface area contributed by atoms with Gasteiger partial charge in [0.15, 0.2) is 0 Å². The van der Waals surface area contributed by atoms with Crippen LogP contribution in [0.5, 0.6) is 0 Å². The van der Waals surface area contributed by atoms with Crippen LogP contribution in [0.15, 0.2) is 41.1 Å². The van der Waals surface area contributed by atoms with E-state index < -0.39 is 0 Å². The monoisotopic (exact) mass is 245 g/mol. The Kier molecular flexibility index (Phi) is 3.62. The van der Waals surface area contributed by atoms with Gasteiger partial charge in [-0.2, -0.15) is 5.10 Å². The summed E-state index contributed by atoms with van der Waals surface area (Å²) < 4.78 is 0. The van der Waals surface area contributed by atoms with Crippen molar-refractivity contribution in [2.45, 2.75) is 6.92 Å². The normalized spacial score (nSPS) is 10.6. The Balaban J connectivity index is 1.95. The summed E-state index contributed by atoms with van der Waals surface area (Å²) in [5, 5.41) is 5.69. The van der Waals surface area contributed by atoms with Crippen molar-refractivity contribution in [1.82, 2.24) is 10.4 Å². The molecule has 2 aromatic heterocycles. The van der Waals surface area contributed by atoms with Crippen LogP contribution in [0.1, 0.15) is 20.8 Å². The molecule has 4 nitrogen and oxygen atoms in total. The number of hydrogen-bond donors (Lipinski definition) is 1. The van der Waals surface area contributed by atoms with Crippen LogP contribution < -0.4 is 5.43 Å². The second kappa shape index (κ2) is 5.36. The minimum atomic E-state index is -0.195. The summed E-state index contributed by atoms with van der Waals surface area (Å²) >= 11 is 1.54. The second-order valence-electron chi connectivity index (χ2n) is 3.43. The van der Waals surface area contributed by atoms with Crippen LogP contribution >= 0.6 is 11.3 Å². The summed E-state index contributed by atoms with van der Waals surface area (Å²) in [4.78, 5) is 16.6. The maximum Gasteiger partial charge on any atom is 0.272 e. The number of rotatable bonds is 3. The fraction of sp³-hybridized carbons (Fsp3) is 0.0833. The number of nitrogens with zero attached hydrogens (tertiary/aromatic N) is 2. The van der Waals surface area contributed by atoms with Gasteiger partial charge in [-0.25, -0.2) is 5.43 Å². The first-order valence-electron chi connectivity index (χ1n) is 5.04. The first-order valence-corrected chi connectivity index (χ1v) is 5.92. The number of thiophene rings is 1. The first kappa shape index (κ1) is 11.5. The van der Waals surface area contributed by atoms with Crippen molar-refractivity contribution in [2.24, 2.45) is 5.10 Å². The number of amides is 1. The minimum absolute atomic E-state index is 0.195. The molecule has 0 unspecified atom stereocenters. The van der Waals surface area contributed by atoms with E-state index in [1.807, 2.05) is 30.5 Å². The summed E-state index contributed by atoms with van der Waals surface area (Å²) in [6, 6.07) is 5.46. The van der Waals surface area contributed by atoms with Gasteiger partial charge in [-0.1, -0.05) is 0 Å². The highest BCUT2D eigenvalue weighted by Gasteiger charge is 2.05. The highest BCUT2D eigenvalue weighted by molar-refractivity contribution is 7.10. The summed E-state index contributed by atoms with van der Waals surface area (Å²) in [5.74, 6) is -0.195. The van der Waals surface area contributed by atoms with E-state index >= 15 is 0 Å². The lowest BCUT2D eigenvalue weighted by Crippen LogP contribution is -2.16. The van der Waals surface area contributed by atoms with Gasteiger partial charge in [-0.3, -0.25) is 9.78 Å². The highest BCUT2D eigenvalue weighted by Crippen LogP contribution is 2.12. The molecular weight excluding hydrogens is 234 g/mol. The van der Waals surface area contributed by atoms with Crippen molar-refractivity contribution in [1.29, 1.82) is 0 Å². The molecule has 86 valence electrons. The third-order valence-corrected chi connectivity index (χ3v) is 2.94. The van der Waals surface area contributed by atoms with Gasteiger partial charge in [0, 0.05) is 22.7 Å². The van der Waals surface area contributed by atoms with Crippen molar-refractivity contribution in [3.63, 3.8) is 0 Å². The molecule has 17 heavy (non-hydrogen) atoms. The van der Waals surface area contributed by atoms with E-state index in [9.17, 15) is 4.79 Å². The molecule has 2 heterocycles. The van der Waals surface area contributed by atoms with E-state index in [0.29, 0.717) is 5.56 Å². The van der Waals surface area contributed by atoms with Crippen LogP contribution in [-0.4, -0.2) is 17.1 Å². The predicted octanol–water partition coefficient (Wildman–Crippen LogP) is 2.22. The average Bonchev–Trinajstić information content (AvgIpc) is 2.77. The van der Waals surface area contributed by atoms with Crippen molar-refractivity contribution < 1.29 is 4.79 Å². The number of aryl methyl sites for hydroxylation is 1. The molecule has 0 saturated carbocycles. The van der Waals surface area contributed by atoms with Gasteiger partial charge in [0.25, 0.3) is 5.91 Å². The maximum absolute atomic E-state index is 11.6. The molecule has 2 rings (SSSR count). The zero-order valence-corrected chi connectivity index (χ0v) is 10.1. The average molecular weight is 245 g/mol. The number of nitrogens with one attached hydrogen (secondary N) is 1. The number of hydrazone groups is 1. The Hall–Kier alpha value is -2.01. The molecule has 0 aliphatic carbocycles. The second-order valence-corrected chi connectivity index (χ2v) is 4.54. The number of carbonyl (C=O) groups excluding carboxylic acids is 1. The van der Waals surface area contributed by atoms with Crippen LogP contribution in [0, 0.1) is 6.92 Å². The Morgan fingerprint density at radius 2 is 2.24 bits per heavy atom. The van der Waals surface area contributed by atoms with Gasteiger partial charge in [-0.15, -0.1) is 11.3 Å². The van der Waals surface area contributed by atoms with E-state index in [2.05, 4.69) is 15.5 Å². The van der Waals surface area contributed by atoms with Crippen molar-refractivity contribution >= 4 is 23.5 Å². The Bertz CT molecular complexity index is 534. The summed E-state index contributed by atoms with van der Waals surface area (Å²) in [6.07, 6.45) is 4.93. The zero-order chi connectivity index (χ0) is 12.1. The van der Waals surface area contributed by atoms with E-state index in [4.69, 9.17) is 0 Å². The van der Waals surface area contributed by atoms with Gasteiger partial charge in [0.2, 0.25) is 0 Å². The SMILES string of the molecule is Cc1cc(C(=O)N/N=C\c2ccncc2)cs1. The van der Waals surface area contributed by atoms with Crippen LogP contribution in [0.3, 0.4) is 0 Å². The molecule has 1 amide bonds. The van der Waals surface area contributed by atoms with E-state index in [1.54, 1.807) is 29.9 Å². The quantitative estimate of drug-likeness (QED) is 0.666. The molecule has 0 atom stereocenters. The molecule has 0 fully saturated rings. The lowest BCUT2D eigenvalue weighted by molar-refractivity contribution is 0.0955. The van der Waals surface area contributed by atoms with Gasteiger partial charge in [-0.05, 0) is 30.7 Å². The Morgan fingerprint density at radius 3 is 2.88 bits per heavy atom. The van der Waals surface area contributed by atoms with Crippen LogP contribution in [0.2, 0.25) is 0 Å². The fourth-order valence-electron chi connectivity index (χ4n) is 1.24. The minimum Gasteiger partial charge on any atom is -0.267 e. The number of aromatic nitrogens is 1. The van der Waals surface area contributed by atoms with Crippen molar-refractivity contribution in [3.05, 3.63) is 52.0 Å². The zero-order valence-electron chi connectivity index (χ0n) is 9.25. The molecule has 2 aromatic rings. The molecule has 0 aromatic carbocycles. The molecule has 1 N–H and O–H groups in total. The Morgan fingerprint density at radius 1 is 1.47 bits per heavy atom. The van der Waals surface area contributed by atoms with E-state index in [-0.39, 0.29) is 5.91 Å². The first-order chi connectivity index (χ1) is 8.25. The summed E-state index contributed by atoms with van der Waals surface area (Å²) in [5.41, 5.74) is 4.01. The van der Waals surface area contributed by atoms with Crippen molar-refractivity contribution in [2.75, 3.05) is 0 Å². The maximum atomic E-state index is 11.6. The third-order valence-electron chi connectivity index (χ3n) is 2.08. The number of carbonyl (C=O) groups is 1. The molecular formula is C12H11N3OS. The summed E-state index contributed by atoms with van der Waals surface area (Å²) in [6.45, 7) is 1.96. The molecule has 5 heteroatoms. The third kappa shape index (κ3) is 3.22. The van der Waals surface area contributed by atoms with Crippen LogP contribution in [0.25, 0.3) is 0 Å². The lowest BCUT2D eigenvalue weighted by Gasteiger charge is -1.95. The molecule has 0 radical (unpaired) electrons. The Labute approximate surface area is 103 Å².